The Morgan fingerprint density at radius 2 is 1.92 bits per heavy atom. The quantitative estimate of drug-likeness (QED) is 0.441. The summed E-state index contributed by atoms with van der Waals surface area (Å²) in [6, 6.07) is 11.4. The lowest BCUT2D eigenvalue weighted by Gasteiger charge is -2.16. The SMILES string of the molecule is CCc1cccc(C)c1NC(=S)NNC(=O)c1cccc([N+](=O)[O-])c1. The minimum absolute atomic E-state index is 0.152. The molecule has 0 aliphatic carbocycles. The number of aryl methyl sites for hydroxylation is 2. The summed E-state index contributed by atoms with van der Waals surface area (Å²) >= 11 is 5.19. The molecular formula is C17H18N4O3S. The highest BCUT2D eigenvalue weighted by Gasteiger charge is 2.12. The number of benzene rings is 2. The lowest BCUT2D eigenvalue weighted by atomic mass is 10.1. The van der Waals surface area contributed by atoms with Crippen molar-refractivity contribution in [3.05, 3.63) is 69.3 Å². The summed E-state index contributed by atoms with van der Waals surface area (Å²) in [7, 11) is 0. The summed E-state index contributed by atoms with van der Waals surface area (Å²) in [6.45, 7) is 4.01. The van der Waals surface area contributed by atoms with Gasteiger partial charge in [-0.1, -0.05) is 31.2 Å². The van der Waals surface area contributed by atoms with E-state index in [4.69, 9.17) is 12.2 Å². The Kier molecular flexibility index (Phi) is 6.02. The third kappa shape index (κ3) is 4.74. The van der Waals surface area contributed by atoms with Gasteiger partial charge < -0.3 is 5.32 Å². The van der Waals surface area contributed by atoms with Crippen LogP contribution in [-0.2, 0) is 6.42 Å². The Bertz CT molecular complexity index is 823. The predicted molar refractivity (Wildman–Crippen MR) is 100 cm³/mol. The van der Waals surface area contributed by atoms with Crippen LogP contribution < -0.4 is 16.2 Å². The molecule has 0 atom stereocenters. The second-order valence-corrected chi connectivity index (χ2v) is 5.71. The first-order chi connectivity index (χ1) is 11.9. The number of hydrogen-bond donors (Lipinski definition) is 3. The maximum absolute atomic E-state index is 12.1. The van der Waals surface area contributed by atoms with E-state index in [1.54, 1.807) is 0 Å². The van der Waals surface area contributed by atoms with Crippen molar-refractivity contribution in [2.75, 3.05) is 5.32 Å². The van der Waals surface area contributed by atoms with Crippen LogP contribution in [0.15, 0.2) is 42.5 Å². The van der Waals surface area contributed by atoms with Gasteiger partial charge in [-0.05, 0) is 42.8 Å². The van der Waals surface area contributed by atoms with E-state index in [2.05, 4.69) is 16.2 Å². The Hall–Kier alpha value is -3.00. The molecule has 0 aliphatic heterocycles. The van der Waals surface area contributed by atoms with E-state index in [9.17, 15) is 14.9 Å². The van der Waals surface area contributed by atoms with Gasteiger partial charge in [0.05, 0.1) is 4.92 Å². The van der Waals surface area contributed by atoms with Crippen LogP contribution in [0.4, 0.5) is 11.4 Å². The average Bonchev–Trinajstić information content (AvgIpc) is 2.61. The number of thiocarbonyl (C=S) groups is 1. The Morgan fingerprint density at radius 3 is 2.60 bits per heavy atom. The van der Waals surface area contributed by atoms with Crippen LogP contribution in [0.5, 0.6) is 0 Å². The molecule has 2 rings (SSSR count). The number of carbonyl (C=O) groups is 1. The number of hydrazine groups is 1. The zero-order chi connectivity index (χ0) is 18.4. The first kappa shape index (κ1) is 18.3. The molecule has 3 N–H and O–H groups in total. The number of para-hydroxylation sites is 1. The normalized spacial score (nSPS) is 10.0. The maximum Gasteiger partial charge on any atom is 0.270 e. The van der Waals surface area contributed by atoms with Crippen molar-refractivity contribution in [3.8, 4) is 0 Å². The number of nitro benzene ring substituents is 1. The number of carbonyl (C=O) groups excluding carboxylic acids is 1. The van der Waals surface area contributed by atoms with Gasteiger partial charge >= 0.3 is 0 Å². The first-order valence-electron chi connectivity index (χ1n) is 7.62. The molecule has 2 aromatic carbocycles. The van der Waals surface area contributed by atoms with Crippen LogP contribution in [-0.4, -0.2) is 15.9 Å². The second kappa shape index (κ2) is 8.20. The second-order valence-electron chi connectivity index (χ2n) is 5.30. The van der Waals surface area contributed by atoms with E-state index in [0.717, 1.165) is 23.2 Å². The number of non-ortho nitro benzene ring substituents is 1. The minimum atomic E-state index is -0.555. The molecule has 0 heterocycles. The monoisotopic (exact) mass is 358 g/mol. The molecule has 7 nitrogen and oxygen atoms in total. The predicted octanol–water partition coefficient (Wildman–Crippen LogP) is 3.10. The van der Waals surface area contributed by atoms with Crippen molar-refractivity contribution >= 4 is 34.6 Å². The fourth-order valence-electron chi connectivity index (χ4n) is 2.29. The van der Waals surface area contributed by atoms with Gasteiger partial charge in [0.15, 0.2) is 5.11 Å². The van der Waals surface area contributed by atoms with Gasteiger partial charge in [0.2, 0.25) is 0 Å². The lowest BCUT2D eigenvalue weighted by molar-refractivity contribution is -0.384. The first-order valence-corrected chi connectivity index (χ1v) is 8.03. The Balaban J connectivity index is 2.00. The fourth-order valence-corrected chi connectivity index (χ4v) is 2.45. The highest BCUT2D eigenvalue weighted by Crippen LogP contribution is 2.20. The number of nitrogens with one attached hydrogen (secondary N) is 3. The van der Waals surface area contributed by atoms with Crippen molar-refractivity contribution in [1.29, 1.82) is 0 Å². The molecule has 0 saturated heterocycles. The molecule has 8 heteroatoms. The maximum atomic E-state index is 12.1. The van der Waals surface area contributed by atoms with Gasteiger partial charge in [-0.15, -0.1) is 0 Å². The van der Waals surface area contributed by atoms with Gasteiger partial charge in [0, 0.05) is 23.4 Å². The van der Waals surface area contributed by atoms with E-state index >= 15 is 0 Å². The van der Waals surface area contributed by atoms with Crippen LogP contribution in [0.2, 0.25) is 0 Å². The number of amides is 1. The van der Waals surface area contributed by atoms with Gasteiger partial charge in [-0.2, -0.15) is 0 Å². The molecule has 0 aromatic heterocycles. The molecule has 0 fully saturated rings. The molecule has 0 spiro atoms. The average molecular weight is 358 g/mol. The summed E-state index contributed by atoms with van der Waals surface area (Å²) in [6.07, 6.45) is 0.840. The molecule has 0 radical (unpaired) electrons. The highest BCUT2D eigenvalue weighted by molar-refractivity contribution is 7.80. The van der Waals surface area contributed by atoms with Gasteiger partial charge in [-0.3, -0.25) is 25.8 Å². The molecule has 25 heavy (non-hydrogen) atoms. The third-order valence-electron chi connectivity index (χ3n) is 3.59. The van der Waals surface area contributed by atoms with Crippen molar-refractivity contribution in [3.63, 3.8) is 0 Å². The number of rotatable bonds is 4. The van der Waals surface area contributed by atoms with Gasteiger partial charge in [0.1, 0.15) is 0 Å². The van der Waals surface area contributed by atoms with Crippen LogP contribution in [0, 0.1) is 17.0 Å². The smallest absolute Gasteiger partial charge is 0.270 e. The van der Waals surface area contributed by atoms with E-state index in [1.165, 1.54) is 24.3 Å². The van der Waals surface area contributed by atoms with Crippen LogP contribution >= 0.6 is 12.2 Å². The summed E-state index contributed by atoms with van der Waals surface area (Å²) < 4.78 is 0. The number of anilines is 1. The molecular weight excluding hydrogens is 340 g/mol. The molecule has 0 bridgehead atoms. The van der Waals surface area contributed by atoms with E-state index in [-0.39, 0.29) is 16.4 Å². The van der Waals surface area contributed by atoms with Crippen LogP contribution in [0.25, 0.3) is 0 Å². The van der Waals surface area contributed by atoms with Crippen LogP contribution in [0.1, 0.15) is 28.4 Å². The van der Waals surface area contributed by atoms with Crippen LogP contribution in [0.3, 0.4) is 0 Å². The number of nitrogens with zero attached hydrogens (tertiary/aromatic N) is 1. The van der Waals surface area contributed by atoms with Crippen molar-refractivity contribution < 1.29 is 9.72 Å². The highest BCUT2D eigenvalue weighted by atomic mass is 32.1. The Labute approximate surface area is 150 Å². The molecule has 0 unspecified atom stereocenters. The summed E-state index contributed by atoms with van der Waals surface area (Å²) in [5.41, 5.74) is 8.08. The molecule has 0 saturated carbocycles. The third-order valence-corrected chi connectivity index (χ3v) is 3.79. The Morgan fingerprint density at radius 1 is 1.20 bits per heavy atom. The molecule has 0 aliphatic rings. The molecule has 1 amide bonds. The topological polar surface area (TPSA) is 96.3 Å². The zero-order valence-electron chi connectivity index (χ0n) is 13.8. The van der Waals surface area contributed by atoms with E-state index in [1.807, 2.05) is 32.0 Å². The summed E-state index contributed by atoms with van der Waals surface area (Å²) in [5, 5.41) is 14.1. The summed E-state index contributed by atoms with van der Waals surface area (Å²) in [4.78, 5) is 22.3. The lowest BCUT2D eigenvalue weighted by Crippen LogP contribution is -2.44. The fraction of sp³-hybridized carbons (Fsp3) is 0.176. The summed E-state index contributed by atoms with van der Waals surface area (Å²) in [5.74, 6) is -0.520. The number of nitro groups is 1. The zero-order valence-corrected chi connectivity index (χ0v) is 14.6. The van der Waals surface area contributed by atoms with Crippen molar-refractivity contribution in [1.82, 2.24) is 10.9 Å². The number of hydrogen-bond acceptors (Lipinski definition) is 4. The van der Waals surface area contributed by atoms with Crippen molar-refractivity contribution in [2.45, 2.75) is 20.3 Å². The van der Waals surface area contributed by atoms with Gasteiger partial charge in [-0.25, -0.2) is 0 Å². The van der Waals surface area contributed by atoms with E-state index in [0.29, 0.717) is 0 Å². The van der Waals surface area contributed by atoms with E-state index < -0.39 is 10.8 Å². The largest absolute Gasteiger partial charge is 0.331 e. The standard InChI is InChI=1S/C17H18N4O3S/c1-3-12-7-4-6-11(2)15(12)18-17(25)20-19-16(22)13-8-5-9-14(10-13)21(23)24/h4-10H,3H2,1-2H3,(H,19,22)(H2,18,20,25). The van der Waals surface area contributed by atoms with Gasteiger partial charge in [0.25, 0.3) is 11.6 Å². The molecule has 2 aromatic rings. The molecule has 130 valence electrons. The van der Waals surface area contributed by atoms with Crippen molar-refractivity contribution in [2.24, 2.45) is 0 Å². The minimum Gasteiger partial charge on any atom is -0.331 e.